The van der Waals surface area contributed by atoms with Gasteiger partial charge in [0.1, 0.15) is 0 Å². The lowest BCUT2D eigenvalue weighted by Gasteiger charge is -2.17. The van der Waals surface area contributed by atoms with Crippen molar-refractivity contribution in [3.8, 4) is 0 Å². The highest BCUT2D eigenvalue weighted by atomic mass is 32.2. The van der Waals surface area contributed by atoms with Gasteiger partial charge in [-0.1, -0.05) is 6.92 Å². The van der Waals surface area contributed by atoms with Gasteiger partial charge in [0.15, 0.2) is 0 Å². The van der Waals surface area contributed by atoms with Gasteiger partial charge in [-0.2, -0.15) is 0 Å². The fourth-order valence-corrected chi connectivity index (χ4v) is 1.95. The third-order valence-electron chi connectivity index (χ3n) is 2.41. The maximum atomic E-state index is 11.1. The molecule has 0 radical (unpaired) electrons. The summed E-state index contributed by atoms with van der Waals surface area (Å²) < 4.78 is 27.2. The molecule has 0 aliphatic heterocycles. The number of rotatable bonds is 6. The Balaban J connectivity index is 2.74. The molecule has 1 aromatic carbocycles. The molecule has 0 bridgehead atoms. The Bertz CT molecular complexity index is 442. The minimum absolute atomic E-state index is 0.114. The molecule has 1 atom stereocenters. The first-order chi connectivity index (χ1) is 7.97. The second-order valence-electron chi connectivity index (χ2n) is 3.77. The molecule has 0 saturated carbocycles. The smallest absolute Gasteiger partial charge is 0.238 e. The lowest BCUT2D eigenvalue weighted by Crippen LogP contribution is -2.23. The van der Waals surface area contributed by atoms with Crippen molar-refractivity contribution in [1.82, 2.24) is 0 Å². The molecule has 1 aromatic rings. The van der Waals surface area contributed by atoms with Crippen LogP contribution >= 0.6 is 0 Å². The van der Waals surface area contributed by atoms with E-state index in [0.29, 0.717) is 6.61 Å². The Morgan fingerprint density at radius 2 is 1.94 bits per heavy atom. The van der Waals surface area contributed by atoms with Crippen molar-refractivity contribution in [2.45, 2.75) is 24.3 Å². The zero-order valence-electron chi connectivity index (χ0n) is 10.0. The third-order valence-corrected chi connectivity index (χ3v) is 3.34. The van der Waals surface area contributed by atoms with Gasteiger partial charge in [-0.3, -0.25) is 0 Å². The van der Waals surface area contributed by atoms with Crippen LogP contribution in [0.15, 0.2) is 29.2 Å². The molecule has 5 nitrogen and oxygen atoms in total. The third kappa shape index (κ3) is 4.33. The average molecular weight is 258 g/mol. The summed E-state index contributed by atoms with van der Waals surface area (Å²) in [5.41, 5.74) is 0.848. The highest BCUT2D eigenvalue weighted by molar-refractivity contribution is 7.89. The largest absolute Gasteiger partial charge is 0.383 e. The summed E-state index contributed by atoms with van der Waals surface area (Å²) in [6.45, 7) is 2.66. The van der Waals surface area contributed by atoms with Crippen LogP contribution in [0.5, 0.6) is 0 Å². The molecular formula is C11H18N2O3S. The standard InChI is InChI=1S/C11H18N2O3S/c1-3-9(8-16-2)13-10-4-6-11(7-5-10)17(12,14)15/h4-7,9,13H,3,8H2,1-2H3,(H2,12,14,15). The van der Waals surface area contributed by atoms with E-state index in [1.165, 1.54) is 12.1 Å². The summed E-state index contributed by atoms with van der Waals surface area (Å²) in [5.74, 6) is 0. The van der Waals surface area contributed by atoms with E-state index in [-0.39, 0.29) is 10.9 Å². The van der Waals surface area contributed by atoms with Crippen molar-refractivity contribution in [3.05, 3.63) is 24.3 Å². The fraction of sp³-hybridized carbons (Fsp3) is 0.455. The number of nitrogens with two attached hydrogens (primary N) is 1. The monoisotopic (exact) mass is 258 g/mol. The van der Waals surface area contributed by atoms with Crippen molar-refractivity contribution in [3.63, 3.8) is 0 Å². The van der Waals surface area contributed by atoms with E-state index in [1.807, 2.05) is 0 Å². The Morgan fingerprint density at radius 1 is 1.35 bits per heavy atom. The SMILES string of the molecule is CCC(COC)Nc1ccc(S(N)(=O)=O)cc1. The zero-order chi connectivity index (χ0) is 12.9. The van der Waals surface area contributed by atoms with E-state index in [4.69, 9.17) is 9.88 Å². The summed E-state index contributed by atoms with van der Waals surface area (Å²) in [6, 6.07) is 6.56. The van der Waals surface area contributed by atoms with Gasteiger partial charge in [-0.15, -0.1) is 0 Å². The van der Waals surface area contributed by atoms with Gasteiger partial charge in [0.05, 0.1) is 11.5 Å². The molecule has 0 aliphatic carbocycles. The summed E-state index contributed by atoms with van der Waals surface area (Å²) in [7, 11) is -1.97. The van der Waals surface area contributed by atoms with Crippen molar-refractivity contribution < 1.29 is 13.2 Å². The highest BCUT2D eigenvalue weighted by Gasteiger charge is 2.08. The minimum Gasteiger partial charge on any atom is -0.383 e. The Kier molecular flexibility index (Phi) is 4.92. The number of sulfonamides is 1. The molecule has 0 aliphatic rings. The molecule has 3 N–H and O–H groups in total. The second kappa shape index (κ2) is 6.00. The molecular weight excluding hydrogens is 240 g/mol. The summed E-state index contributed by atoms with van der Waals surface area (Å²) >= 11 is 0. The van der Waals surface area contributed by atoms with Crippen LogP contribution in [0.25, 0.3) is 0 Å². The van der Waals surface area contributed by atoms with Crippen LogP contribution in [0, 0.1) is 0 Å². The van der Waals surface area contributed by atoms with Crippen molar-refractivity contribution in [2.75, 3.05) is 19.0 Å². The molecule has 17 heavy (non-hydrogen) atoms. The summed E-state index contributed by atoms with van der Waals surface area (Å²) in [5, 5.41) is 8.26. The Labute approximate surface area is 102 Å². The van der Waals surface area contributed by atoms with E-state index in [1.54, 1.807) is 19.2 Å². The molecule has 1 rings (SSSR count). The zero-order valence-corrected chi connectivity index (χ0v) is 10.8. The lowest BCUT2D eigenvalue weighted by atomic mass is 10.2. The van der Waals surface area contributed by atoms with Crippen LogP contribution in [-0.4, -0.2) is 28.2 Å². The minimum atomic E-state index is -3.62. The van der Waals surface area contributed by atoms with E-state index in [0.717, 1.165) is 12.1 Å². The molecule has 0 aromatic heterocycles. The van der Waals surface area contributed by atoms with Crippen molar-refractivity contribution in [2.24, 2.45) is 5.14 Å². The molecule has 6 heteroatoms. The normalized spacial score (nSPS) is 13.4. The van der Waals surface area contributed by atoms with Crippen LogP contribution in [0.3, 0.4) is 0 Å². The molecule has 0 fully saturated rings. The molecule has 0 amide bonds. The number of primary sulfonamides is 1. The van der Waals surface area contributed by atoms with Gasteiger partial charge in [0, 0.05) is 18.8 Å². The topological polar surface area (TPSA) is 81.4 Å². The van der Waals surface area contributed by atoms with E-state index >= 15 is 0 Å². The number of benzene rings is 1. The van der Waals surface area contributed by atoms with E-state index in [2.05, 4.69) is 12.2 Å². The second-order valence-corrected chi connectivity index (χ2v) is 5.34. The van der Waals surface area contributed by atoms with Gasteiger partial charge >= 0.3 is 0 Å². The molecule has 1 unspecified atom stereocenters. The van der Waals surface area contributed by atoms with Crippen molar-refractivity contribution >= 4 is 15.7 Å². The maximum absolute atomic E-state index is 11.1. The fourth-order valence-electron chi connectivity index (χ4n) is 1.44. The van der Waals surface area contributed by atoms with Crippen LogP contribution in [0.2, 0.25) is 0 Å². The molecule has 0 saturated heterocycles. The van der Waals surface area contributed by atoms with Gasteiger partial charge < -0.3 is 10.1 Å². The predicted molar refractivity (Wildman–Crippen MR) is 67.4 cm³/mol. The van der Waals surface area contributed by atoms with Crippen LogP contribution in [0.4, 0.5) is 5.69 Å². The van der Waals surface area contributed by atoms with Gasteiger partial charge in [-0.25, -0.2) is 13.6 Å². The molecule has 0 spiro atoms. The van der Waals surface area contributed by atoms with E-state index < -0.39 is 10.0 Å². The van der Waals surface area contributed by atoms with Crippen molar-refractivity contribution in [1.29, 1.82) is 0 Å². The number of anilines is 1. The molecule has 0 heterocycles. The van der Waals surface area contributed by atoms with Gasteiger partial charge in [0.2, 0.25) is 10.0 Å². The maximum Gasteiger partial charge on any atom is 0.238 e. The number of hydrogen-bond acceptors (Lipinski definition) is 4. The van der Waals surface area contributed by atoms with Crippen LogP contribution < -0.4 is 10.5 Å². The predicted octanol–water partition coefficient (Wildman–Crippen LogP) is 1.17. The van der Waals surface area contributed by atoms with E-state index in [9.17, 15) is 8.42 Å². The Hall–Kier alpha value is -1.11. The summed E-state index contributed by atoms with van der Waals surface area (Å²) in [6.07, 6.45) is 0.921. The lowest BCUT2D eigenvalue weighted by molar-refractivity contribution is 0.184. The quantitative estimate of drug-likeness (QED) is 0.802. The number of ether oxygens (including phenoxy) is 1. The summed E-state index contributed by atoms with van der Waals surface area (Å²) in [4.78, 5) is 0.114. The first kappa shape index (κ1) is 14.0. The van der Waals surface area contributed by atoms with Crippen LogP contribution in [0.1, 0.15) is 13.3 Å². The van der Waals surface area contributed by atoms with Gasteiger partial charge in [-0.05, 0) is 30.7 Å². The number of hydrogen-bond donors (Lipinski definition) is 2. The molecule has 96 valence electrons. The first-order valence-corrected chi connectivity index (χ1v) is 6.90. The number of methoxy groups -OCH3 is 1. The van der Waals surface area contributed by atoms with Gasteiger partial charge in [0.25, 0.3) is 0 Å². The highest BCUT2D eigenvalue weighted by Crippen LogP contribution is 2.14. The first-order valence-electron chi connectivity index (χ1n) is 5.35. The Morgan fingerprint density at radius 3 is 2.35 bits per heavy atom. The van der Waals surface area contributed by atoms with Crippen LogP contribution in [-0.2, 0) is 14.8 Å². The average Bonchev–Trinajstić information content (AvgIpc) is 2.28. The number of nitrogens with one attached hydrogen (secondary N) is 1.